The molecule has 7 nitrogen and oxygen atoms in total. The van der Waals surface area contributed by atoms with E-state index in [2.05, 4.69) is 19.8 Å². The van der Waals surface area contributed by atoms with Crippen molar-refractivity contribution in [3.63, 3.8) is 0 Å². The number of esters is 2. The molecule has 2 heterocycles. The maximum absolute atomic E-state index is 13.4. The van der Waals surface area contributed by atoms with Crippen LogP contribution < -0.4 is 10.1 Å². The predicted octanol–water partition coefficient (Wildman–Crippen LogP) is 3.89. The molecule has 2 aromatic rings. The zero-order chi connectivity index (χ0) is 24.6. The predicted molar refractivity (Wildman–Crippen MR) is 94.0 cm³/mol. The van der Waals surface area contributed by atoms with Crippen LogP contribution >= 0.6 is 11.6 Å². The summed E-state index contributed by atoms with van der Waals surface area (Å²) in [6, 6.07) is 6.10. The van der Waals surface area contributed by atoms with Crippen molar-refractivity contribution in [2.45, 2.75) is 24.9 Å². The van der Waals surface area contributed by atoms with Gasteiger partial charge in [-0.3, -0.25) is 0 Å². The summed E-state index contributed by atoms with van der Waals surface area (Å²) in [4.78, 5) is 26.7. The first-order valence-corrected chi connectivity index (χ1v) is 9.03. The molecule has 1 aromatic carbocycles. The van der Waals surface area contributed by atoms with E-state index in [4.69, 9.17) is 16.3 Å². The SMILES string of the molecule is O=C(OC1(OC(=O)C(F)(F)F)CNCc2ccc(-c3ccc(F)c(Cl)c3)nc2O1)C(F)(F)F. The molecule has 1 aliphatic rings. The van der Waals surface area contributed by atoms with Crippen LogP contribution in [0.5, 0.6) is 5.88 Å². The molecule has 0 spiro atoms. The number of fused-ring (bicyclic) bond motifs is 1. The fraction of sp³-hybridized carbons (Fsp3) is 0.278. The molecule has 0 saturated carbocycles. The number of carbonyl (C=O) groups is 2. The molecule has 0 bridgehead atoms. The van der Waals surface area contributed by atoms with Gasteiger partial charge in [-0.15, -0.1) is 0 Å². The van der Waals surface area contributed by atoms with E-state index >= 15 is 0 Å². The first-order valence-electron chi connectivity index (χ1n) is 8.65. The molecular weight excluding hydrogens is 493 g/mol. The van der Waals surface area contributed by atoms with Gasteiger partial charge in [-0.25, -0.2) is 19.0 Å². The molecule has 0 radical (unpaired) electrons. The molecular formula is C18H10ClF7N2O5. The van der Waals surface area contributed by atoms with Gasteiger partial charge in [0.05, 0.1) is 10.7 Å². The van der Waals surface area contributed by atoms with Crippen molar-refractivity contribution < 1.29 is 54.5 Å². The molecule has 15 heteroatoms. The van der Waals surface area contributed by atoms with Gasteiger partial charge in [-0.2, -0.15) is 26.3 Å². The number of pyridine rings is 1. The smallest absolute Gasteiger partial charge is 0.401 e. The van der Waals surface area contributed by atoms with Crippen LogP contribution in [0, 0.1) is 5.82 Å². The Bertz CT molecular complexity index is 1060. The summed E-state index contributed by atoms with van der Waals surface area (Å²) in [6.07, 6.45) is -11.3. The highest BCUT2D eigenvalue weighted by Crippen LogP contribution is 2.33. The van der Waals surface area contributed by atoms with E-state index < -0.39 is 48.5 Å². The lowest BCUT2D eigenvalue weighted by Crippen LogP contribution is -2.55. The summed E-state index contributed by atoms with van der Waals surface area (Å²) in [5.41, 5.74) is 0.311. The highest BCUT2D eigenvalue weighted by atomic mass is 35.5. The summed E-state index contributed by atoms with van der Waals surface area (Å²) in [5.74, 6) is -10.8. The molecule has 3 rings (SSSR count). The second-order valence-electron chi connectivity index (χ2n) is 6.45. The van der Waals surface area contributed by atoms with Crippen molar-refractivity contribution in [3.05, 3.63) is 46.7 Å². The van der Waals surface area contributed by atoms with Gasteiger partial charge in [-0.05, 0) is 24.3 Å². The molecule has 178 valence electrons. The number of nitrogens with zero attached hydrogens (tertiary/aromatic N) is 1. The van der Waals surface area contributed by atoms with Crippen LogP contribution in [0.1, 0.15) is 5.56 Å². The third-order valence-electron chi connectivity index (χ3n) is 4.02. The molecule has 1 aliphatic heterocycles. The highest BCUT2D eigenvalue weighted by molar-refractivity contribution is 6.31. The minimum atomic E-state index is -5.66. The third kappa shape index (κ3) is 5.63. The average molecular weight is 503 g/mol. The molecule has 33 heavy (non-hydrogen) atoms. The number of ether oxygens (including phenoxy) is 3. The molecule has 0 atom stereocenters. The summed E-state index contributed by atoms with van der Waals surface area (Å²) in [6.45, 7) is -1.34. The van der Waals surface area contributed by atoms with Crippen molar-refractivity contribution in [2.75, 3.05) is 6.54 Å². The minimum Gasteiger partial charge on any atom is -0.401 e. The molecule has 0 aliphatic carbocycles. The molecule has 0 unspecified atom stereocenters. The van der Waals surface area contributed by atoms with Crippen molar-refractivity contribution in [2.24, 2.45) is 0 Å². The standard InChI is InChI=1S/C18H10ClF7N2O5/c19-10-5-8(1-3-11(10)20)12-4-2-9-6-27-7-16(31-13(9)28-12,32-14(29)17(21,22)23)33-15(30)18(24,25)26/h1-5,27H,6-7H2. The molecule has 0 saturated heterocycles. The quantitative estimate of drug-likeness (QED) is 0.387. The van der Waals surface area contributed by atoms with Crippen LogP contribution in [-0.4, -0.2) is 41.8 Å². The number of halogens is 8. The Morgan fingerprint density at radius 2 is 1.64 bits per heavy atom. The Morgan fingerprint density at radius 1 is 1.03 bits per heavy atom. The molecule has 1 aromatic heterocycles. The fourth-order valence-corrected chi connectivity index (χ4v) is 2.76. The third-order valence-corrected chi connectivity index (χ3v) is 4.31. The number of benzene rings is 1. The fourth-order valence-electron chi connectivity index (χ4n) is 2.57. The van der Waals surface area contributed by atoms with Gasteiger partial charge in [0, 0.05) is 17.7 Å². The van der Waals surface area contributed by atoms with Gasteiger partial charge in [-0.1, -0.05) is 17.7 Å². The van der Waals surface area contributed by atoms with Crippen molar-refractivity contribution in [3.8, 4) is 17.1 Å². The topological polar surface area (TPSA) is 86.8 Å². The number of hydrogen-bond donors (Lipinski definition) is 1. The first kappa shape index (κ1) is 24.5. The van der Waals surface area contributed by atoms with E-state index in [1.165, 1.54) is 18.2 Å². The first-order chi connectivity index (χ1) is 15.2. The Morgan fingerprint density at radius 3 is 2.18 bits per heavy atom. The van der Waals surface area contributed by atoms with Gasteiger partial charge in [0.2, 0.25) is 5.88 Å². The van der Waals surface area contributed by atoms with E-state index in [0.717, 1.165) is 12.1 Å². The number of carbonyl (C=O) groups excluding carboxylic acids is 2. The number of rotatable bonds is 3. The van der Waals surface area contributed by atoms with E-state index in [-0.39, 0.29) is 28.4 Å². The number of nitrogens with one attached hydrogen (secondary N) is 1. The molecule has 0 amide bonds. The number of aromatic nitrogens is 1. The number of alkyl halides is 6. The monoisotopic (exact) mass is 502 g/mol. The van der Waals surface area contributed by atoms with Crippen LogP contribution in [0.2, 0.25) is 5.02 Å². The largest absolute Gasteiger partial charge is 0.491 e. The van der Waals surface area contributed by atoms with Gasteiger partial charge < -0.3 is 19.5 Å². The second-order valence-corrected chi connectivity index (χ2v) is 6.86. The maximum atomic E-state index is 13.4. The van der Waals surface area contributed by atoms with E-state index in [1.54, 1.807) is 0 Å². The average Bonchev–Trinajstić information content (AvgIpc) is 2.87. The second kappa shape index (κ2) is 8.67. The number of hydrogen-bond acceptors (Lipinski definition) is 7. The van der Waals surface area contributed by atoms with Crippen LogP contribution in [0.3, 0.4) is 0 Å². The lowest BCUT2D eigenvalue weighted by molar-refractivity contribution is -0.331. The van der Waals surface area contributed by atoms with Crippen molar-refractivity contribution >= 4 is 23.5 Å². The summed E-state index contributed by atoms with van der Waals surface area (Å²) >= 11 is 5.71. The van der Waals surface area contributed by atoms with Gasteiger partial charge in [0.1, 0.15) is 12.4 Å². The van der Waals surface area contributed by atoms with Gasteiger partial charge >= 0.3 is 30.3 Å². The van der Waals surface area contributed by atoms with Crippen LogP contribution in [0.4, 0.5) is 30.7 Å². The Kier molecular flexibility index (Phi) is 6.44. The van der Waals surface area contributed by atoms with E-state index in [0.29, 0.717) is 0 Å². The normalized spacial score (nSPS) is 15.6. The molecule has 1 N–H and O–H groups in total. The zero-order valence-electron chi connectivity index (χ0n) is 15.8. The van der Waals surface area contributed by atoms with E-state index in [1.807, 2.05) is 0 Å². The van der Waals surface area contributed by atoms with E-state index in [9.17, 15) is 40.3 Å². The Labute approximate surface area is 184 Å². The summed E-state index contributed by atoms with van der Waals surface area (Å²) in [5, 5.41) is 2.07. The maximum Gasteiger partial charge on any atom is 0.491 e. The Hall–Kier alpha value is -3.13. The Balaban J connectivity index is 2.03. The van der Waals surface area contributed by atoms with Crippen molar-refractivity contribution in [1.82, 2.24) is 10.3 Å². The van der Waals surface area contributed by atoms with Crippen LogP contribution in [0.25, 0.3) is 11.3 Å². The van der Waals surface area contributed by atoms with Crippen molar-refractivity contribution in [1.29, 1.82) is 0 Å². The zero-order valence-corrected chi connectivity index (χ0v) is 16.6. The highest BCUT2D eigenvalue weighted by Gasteiger charge is 2.55. The lowest BCUT2D eigenvalue weighted by Gasteiger charge is -2.31. The summed E-state index contributed by atoms with van der Waals surface area (Å²) in [7, 11) is 0. The van der Waals surface area contributed by atoms with Gasteiger partial charge in [0.15, 0.2) is 0 Å². The summed E-state index contributed by atoms with van der Waals surface area (Å²) < 4.78 is 103. The van der Waals surface area contributed by atoms with Crippen LogP contribution in [-0.2, 0) is 25.6 Å². The van der Waals surface area contributed by atoms with Gasteiger partial charge in [0.25, 0.3) is 0 Å². The lowest BCUT2D eigenvalue weighted by atomic mass is 10.1. The van der Waals surface area contributed by atoms with Crippen LogP contribution in [0.15, 0.2) is 30.3 Å². The molecule has 0 fully saturated rings. The minimum absolute atomic E-state index is 0.00995.